The summed E-state index contributed by atoms with van der Waals surface area (Å²) in [7, 11) is 0. The number of nitrogens with zero attached hydrogens (tertiary/aromatic N) is 3. The maximum Gasteiger partial charge on any atom is 0.272 e. The molecule has 1 saturated carbocycles. The van der Waals surface area contributed by atoms with Crippen molar-refractivity contribution in [2.45, 2.75) is 50.6 Å². The first-order chi connectivity index (χ1) is 9.83. The molecule has 1 aliphatic carbocycles. The number of nitrogens with one attached hydrogen (secondary N) is 1. The molecule has 1 aromatic rings. The molecule has 1 amide bonds. The molecule has 0 spiro atoms. The van der Waals surface area contributed by atoms with Crippen molar-refractivity contribution >= 4 is 5.91 Å². The van der Waals surface area contributed by atoms with Crippen LogP contribution in [0.5, 0.6) is 0 Å². The summed E-state index contributed by atoms with van der Waals surface area (Å²) in [6.45, 7) is 2.09. The van der Waals surface area contributed by atoms with E-state index in [1.807, 2.05) is 0 Å². The van der Waals surface area contributed by atoms with Gasteiger partial charge in [0, 0.05) is 31.4 Å². The second kappa shape index (κ2) is 6.31. The average molecular weight is 274 g/mol. The molecule has 5 nitrogen and oxygen atoms in total. The summed E-state index contributed by atoms with van der Waals surface area (Å²) < 4.78 is 0. The number of rotatable bonds is 3. The highest BCUT2D eigenvalue weighted by Gasteiger charge is 2.30. The van der Waals surface area contributed by atoms with Crippen molar-refractivity contribution in [3.05, 3.63) is 24.0 Å². The Hall–Kier alpha value is -1.49. The minimum absolute atomic E-state index is 0.103. The van der Waals surface area contributed by atoms with E-state index >= 15 is 0 Å². The third-order valence-electron chi connectivity index (χ3n) is 4.45. The predicted molar refractivity (Wildman–Crippen MR) is 76.3 cm³/mol. The van der Waals surface area contributed by atoms with E-state index < -0.39 is 0 Å². The van der Waals surface area contributed by atoms with Gasteiger partial charge >= 0.3 is 0 Å². The zero-order valence-electron chi connectivity index (χ0n) is 11.8. The second-order valence-corrected chi connectivity index (χ2v) is 5.85. The van der Waals surface area contributed by atoms with Gasteiger partial charge in [-0.2, -0.15) is 5.10 Å². The van der Waals surface area contributed by atoms with E-state index in [9.17, 15) is 4.79 Å². The Kier molecular flexibility index (Phi) is 4.25. The summed E-state index contributed by atoms with van der Waals surface area (Å²) in [4.78, 5) is 14.6. The van der Waals surface area contributed by atoms with Crippen molar-refractivity contribution in [1.29, 1.82) is 0 Å². The molecular weight excluding hydrogens is 252 g/mol. The van der Waals surface area contributed by atoms with Gasteiger partial charge in [0.1, 0.15) is 0 Å². The fourth-order valence-electron chi connectivity index (χ4n) is 3.36. The van der Waals surface area contributed by atoms with Crippen LogP contribution in [-0.4, -0.2) is 46.2 Å². The summed E-state index contributed by atoms with van der Waals surface area (Å²) in [6, 6.07) is 4.44. The Balaban J connectivity index is 1.51. The highest BCUT2D eigenvalue weighted by atomic mass is 16.2. The van der Waals surface area contributed by atoms with E-state index in [0.717, 1.165) is 25.6 Å². The summed E-state index contributed by atoms with van der Waals surface area (Å²) in [5, 5.41) is 10.7. The third kappa shape index (κ3) is 3.15. The molecule has 1 saturated heterocycles. The zero-order valence-corrected chi connectivity index (χ0v) is 11.8. The van der Waals surface area contributed by atoms with Gasteiger partial charge in [-0.25, -0.2) is 0 Å². The number of aromatic nitrogens is 2. The summed E-state index contributed by atoms with van der Waals surface area (Å²) in [5.41, 5.74) is 0.406. The molecule has 1 unspecified atom stereocenters. The van der Waals surface area contributed by atoms with Crippen LogP contribution in [0, 0.1) is 0 Å². The van der Waals surface area contributed by atoms with Crippen LogP contribution < -0.4 is 5.32 Å². The molecular formula is C15H22N4O. The van der Waals surface area contributed by atoms with Crippen molar-refractivity contribution in [2.75, 3.05) is 13.1 Å². The van der Waals surface area contributed by atoms with Crippen LogP contribution in [0.4, 0.5) is 0 Å². The fourth-order valence-corrected chi connectivity index (χ4v) is 3.36. The molecule has 3 rings (SSSR count). The Morgan fingerprint density at radius 3 is 2.85 bits per heavy atom. The Morgan fingerprint density at radius 1 is 1.25 bits per heavy atom. The van der Waals surface area contributed by atoms with Crippen LogP contribution in [0.15, 0.2) is 18.3 Å². The Bertz CT molecular complexity index is 444. The zero-order chi connectivity index (χ0) is 13.8. The Morgan fingerprint density at radius 2 is 2.10 bits per heavy atom. The minimum atomic E-state index is -0.103. The number of amides is 1. The van der Waals surface area contributed by atoms with Gasteiger partial charge in [0.2, 0.25) is 0 Å². The van der Waals surface area contributed by atoms with Gasteiger partial charge in [-0.3, -0.25) is 9.69 Å². The lowest BCUT2D eigenvalue weighted by Gasteiger charge is -2.31. The molecule has 1 N–H and O–H groups in total. The third-order valence-corrected chi connectivity index (χ3v) is 4.45. The smallest absolute Gasteiger partial charge is 0.272 e. The molecule has 5 heteroatoms. The van der Waals surface area contributed by atoms with E-state index in [1.165, 1.54) is 32.1 Å². The highest BCUT2D eigenvalue weighted by Crippen LogP contribution is 2.25. The number of carbonyl (C=O) groups excluding carboxylic acids is 1. The van der Waals surface area contributed by atoms with Crippen LogP contribution in [0.25, 0.3) is 0 Å². The largest absolute Gasteiger partial charge is 0.347 e. The fraction of sp³-hybridized carbons (Fsp3) is 0.667. The maximum atomic E-state index is 12.1. The molecule has 1 aliphatic heterocycles. The van der Waals surface area contributed by atoms with Crippen LogP contribution in [0.1, 0.15) is 49.0 Å². The van der Waals surface area contributed by atoms with Gasteiger partial charge < -0.3 is 5.32 Å². The normalized spacial score (nSPS) is 24.7. The topological polar surface area (TPSA) is 58.1 Å². The number of hydrogen-bond donors (Lipinski definition) is 1. The van der Waals surface area contributed by atoms with Crippen LogP contribution in [0.3, 0.4) is 0 Å². The average Bonchev–Trinajstić information content (AvgIpc) is 2.97. The second-order valence-electron chi connectivity index (χ2n) is 5.85. The van der Waals surface area contributed by atoms with Gasteiger partial charge in [-0.15, -0.1) is 5.10 Å². The van der Waals surface area contributed by atoms with E-state index in [0.29, 0.717) is 5.69 Å². The number of carbonyl (C=O) groups is 1. The molecule has 1 atom stereocenters. The minimum Gasteiger partial charge on any atom is -0.347 e. The van der Waals surface area contributed by atoms with Gasteiger partial charge in [-0.05, 0) is 31.4 Å². The lowest BCUT2D eigenvalue weighted by molar-refractivity contribution is 0.0928. The molecule has 2 aliphatic rings. The van der Waals surface area contributed by atoms with Gasteiger partial charge in [0.05, 0.1) is 0 Å². The first-order valence-corrected chi connectivity index (χ1v) is 7.65. The first-order valence-electron chi connectivity index (χ1n) is 7.65. The molecule has 0 aromatic carbocycles. The molecule has 2 heterocycles. The van der Waals surface area contributed by atoms with Crippen molar-refractivity contribution in [2.24, 2.45) is 0 Å². The quantitative estimate of drug-likeness (QED) is 0.910. The van der Waals surface area contributed by atoms with E-state index in [4.69, 9.17) is 0 Å². The molecule has 2 fully saturated rings. The molecule has 108 valence electrons. The summed E-state index contributed by atoms with van der Waals surface area (Å²) >= 11 is 0. The lowest BCUT2D eigenvalue weighted by Crippen LogP contribution is -2.40. The van der Waals surface area contributed by atoms with Crippen molar-refractivity contribution in [3.8, 4) is 0 Å². The molecule has 20 heavy (non-hydrogen) atoms. The standard InChI is InChI=1S/C15H22N4O/c20-15(14-7-4-9-16-18-14)17-12-8-10-19(11-12)13-5-2-1-3-6-13/h4,7,9,12-13H,1-3,5-6,8,10-11H2,(H,17,20). The monoisotopic (exact) mass is 274 g/mol. The van der Waals surface area contributed by atoms with Crippen molar-refractivity contribution in [3.63, 3.8) is 0 Å². The van der Waals surface area contributed by atoms with Crippen molar-refractivity contribution < 1.29 is 4.79 Å². The highest BCUT2D eigenvalue weighted by molar-refractivity contribution is 5.92. The van der Waals surface area contributed by atoms with Crippen LogP contribution in [0.2, 0.25) is 0 Å². The van der Waals surface area contributed by atoms with Crippen LogP contribution >= 0.6 is 0 Å². The van der Waals surface area contributed by atoms with Crippen LogP contribution in [-0.2, 0) is 0 Å². The molecule has 0 bridgehead atoms. The SMILES string of the molecule is O=C(NC1CCN(C2CCCCC2)C1)c1cccnn1. The number of hydrogen-bond acceptors (Lipinski definition) is 4. The first kappa shape index (κ1) is 13.5. The van der Waals surface area contributed by atoms with E-state index in [1.54, 1.807) is 18.3 Å². The lowest BCUT2D eigenvalue weighted by atomic mass is 9.94. The van der Waals surface area contributed by atoms with Gasteiger partial charge in [-0.1, -0.05) is 19.3 Å². The molecule has 1 aromatic heterocycles. The number of likely N-dealkylation sites (tertiary alicyclic amines) is 1. The Labute approximate surface area is 119 Å². The summed E-state index contributed by atoms with van der Waals surface area (Å²) in [5.74, 6) is -0.103. The molecule has 0 radical (unpaired) electrons. The van der Waals surface area contributed by atoms with Crippen molar-refractivity contribution in [1.82, 2.24) is 20.4 Å². The van der Waals surface area contributed by atoms with E-state index in [2.05, 4.69) is 20.4 Å². The van der Waals surface area contributed by atoms with E-state index in [-0.39, 0.29) is 11.9 Å². The van der Waals surface area contributed by atoms with Gasteiger partial charge in [0.25, 0.3) is 5.91 Å². The van der Waals surface area contributed by atoms with Gasteiger partial charge in [0.15, 0.2) is 5.69 Å². The predicted octanol–water partition coefficient (Wildman–Crippen LogP) is 1.61. The maximum absolute atomic E-state index is 12.1. The summed E-state index contributed by atoms with van der Waals surface area (Å²) in [6.07, 6.45) is 9.38.